The Morgan fingerprint density at radius 2 is 2.00 bits per heavy atom. The summed E-state index contributed by atoms with van der Waals surface area (Å²) in [7, 11) is 2.87. The molecular formula is C16H21N3O4. The van der Waals surface area contributed by atoms with Gasteiger partial charge in [-0.2, -0.15) is 0 Å². The maximum atomic E-state index is 12.4. The summed E-state index contributed by atoms with van der Waals surface area (Å²) in [6.07, 6.45) is 1.86. The van der Waals surface area contributed by atoms with Crippen LogP contribution in [0.15, 0.2) is 24.3 Å². The van der Waals surface area contributed by atoms with Crippen molar-refractivity contribution < 1.29 is 19.1 Å². The minimum Gasteiger partial charge on any atom is -0.453 e. The first kappa shape index (κ1) is 16.8. The van der Waals surface area contributed by atoms with Crippen molar-refractivity contribution in [2.45, 2.75) is 25.3 Å². The highest BCUT2D eigenvalue weighted by Crippen LogP contribution is 2.26. The number of hydrogen-bond donors (Lipinski definition) is 3. The molecule has 1 aromatic rings. The average Bonchev–Trinajstić information content (AvgIpc) is 3.02. The van der Waals surface area contributed by atoms with E-state index in [1.54, 1.807) is 31.3 Å². The number of hydrogen-bond acceptors (Lipinski definition) is 4. The molecule has 2 rings (SSSR count). The van der Waals surface area contributed by atoms with Crippen LogP contribution in [-0.4, -0.2) is 38.1 Å². The zero-order valence-corrected chi connectivity index (χ0v) is 13.2. The Morgan fingerprint density at radius 1 is 1.22 bits per heavy atom. The summed E-state index contributed by atoms with van der Waals surface area (Å²) >= 11 is 0. The maximum Gasteiger partial charge on any atom is 0.411 e. The van der Waals surface area contributed by atoms with E-state index in [2.05, 4.69) is 20.7 Å². The molecule has 3 amide bonds. The first-order chi connectivity index (χ1) is 11.0. The summed E-state index contributed by atoms with van der Waals surface area (Å²) in [6.45, 7) is 0. The molecule has 1 aliphatic carbocycles. The van der Waals surface area contributed by atoms with Gasteiger partial charge in [0.15, 0.2) is 0 Å². The van der Waals surface area contributed by atoms with Crippen LogP contribution in [0.3, 0.4) is 0 Å². The molecular weight excluding hydrogens is 298 g/mol. The fourth-order valence-electron chi connectivity index (χ4n) is 2.79. The summed E-state index contributed by atoms with van der Waals surface area (Å²) in [5, 5.41) is 8.06. The van der Waals surface area contributed by atoms with Crippen LogP contribution >= 0.6 is 0 Å². The topological polar surface area (TPSA) is 96.5 Å². The van der Waals surface area contributed by atoms with E-state index in [0.29, 0.717) is 11.3 Å². The summed E-state index contributed by atoms with van der Waals surface area (Å²) < 4.78 is 4.52. The van der Waals surface area contributed by atoms with Crippen molar-refractivity contribution in [1.82, 2.24) is 10.6 Å². The van der Waals surface area contributed by atoms with E-state index >= 15 is 0 Å². The van der Waals surface area contributed by atoms with E-state index in [1.165, 1.54) is 7.11 Å². The Balaban J connectivity index is 2.04. The van der Waals surface area contributed by atoms with Crippen LogP contribution in [0.5, 0.6) is 0 Å². The second-order valence-corrected chi connectivity index (χ2v) is 5.43. The number of rotatable bonds is 4. The molecule has 0 bridgehead atoms. The highest BCUT2D eigenvalue weighted by atomic mass is 16.5. The molecule has 0 aromatic heterocycles. The van der Waals surface area contributed by atoms with Crippen LogP contribution in [0, 0.1) is 5.92 Å². The minimum absolute atomic E-state index is 0.0473. The van der Waals surface area contributed by atoms with Gasteiger partial charge in [-0.3, -0.25) is 14.9 Å². The number of carbonyl (C=O) groups excluding carboxylic acids is 3. The lowest BCUT2D eigenvalue weighted by Gasteiger charge is -2.19. The second-order valence-electron chi connectivity index (χ2n) is 5.43. The van der Waals surface area contributed by atoms with Crippen molar-refractivity contribution in [3.8, 4) is 0 Å². The summed E-state index contributed by atoms with van der Waals surface area (Å²) in [4.78, 5) is 35.4. The number of benzene rings is 1. The molecule has 23 heavy (non-hydrogen) atoms. The smallest absolute Gasteiger partial charge is 0.411 e. The molecule has 0 radical (unpaired) electrons. The van der Waals surface area contributed by atoms with Gasteiger partial charge in [-0.15, -0.1) is 0 Å². The van der Waals surface area contributed by atoms with Crippen molar-refractivity contribution in [2.75, 3.05) is 19.5 Å². The second kappa shape index (κ2) is 7.62. The van der Waals surface area contributed by atoms with Gasteiger partial charge >= 0.3 is 6.09 Å². The molecule has 3 N–H and O–H groups in total. The number of ether oxygens (including phenoxy) is 1. The van der Waals surface area contributed by atoms with Crippen LogP contribution in [-0.2, 0) is 9.53 Å². The molecule has 124 valence electrons. The fraction of sp³-hybridized carbons (Fsp3) is 0.438. The predicted molar refractivity (Wildman–Crippen MR) is 85.1 cm³/mol. The Hall–Kier alpha value is -2.57. The van der Waals surface area contributed by atoms with E-state index < -0.39 is 6.09 Å². The highest BCUT2D eigenvalue weighted by Gasteiger charge is 2.33. The lowest BCUT2D eigenvalue weighted by Crippen LogP contribution is -2.43. The normalized spacial score (nSPS) is 19.7. The van der Waals surface area contributed by atoms with E-state index in [-0.39, 0.29) is 23.8 Å². The van der Waals surface area contributed by atoms with Gasteiger partial charge in [0.05, 0.1) is 13.0 Å². The number of methoxy groups -OCH3 is 1. The van der Waals surface area contributed by atoms with Crippen LogP contribution in [0.2, 0.25) is 0 Å². The van der Waals surface area contributed by atoms with Gasteiger partial charge in [0.25, 0.3) is 5.91 Å². The molecule has 0 aliphatic heterocycles. The summed E-state index contributed by atoms with van der Waals surface area (Å²) in [5.41, 5.74) is 0.889. The number of nitrogens with one attached hydrogen (secondary N) is 3. The third kappa shape index (κ3) is 4.21. The largest absolute Gasteiger partial charge is 0.453 e. The van der Waals surface area contributed by atoms with E-state index in [0.717, 1.165) is 19.3 Å². The quantitative estimate of drug-likeness (QED) is 0.783. The van der Waals surface area contributed by atoms with E-state index in [1.807, 2.05) is 0 Å². The number of anilines is 1. The Kier molecular flexibility index (Phi) is 5.56. The van der Waals surface area contributed by atoms with Gasteiger partial charge in [-0.05, 0) is 31.0 Å². The van der Waals surface area contributed by atoms with Gasteiger partial charge in [0.2, 0.25) is 5.91 Å². The molecule has 1 aliphatic rings. The van der Waals surface area contributed by atoms with Crippen LogP contribution in [0.4, 0.5) is 10.5 Å². The van der Waals surface area contributed by atoms with Crippen LogP contribution in [0.1, 0.15) is 29.6 Å². The third-order valence-electron chi connectivity index (χ3n) is 3.97. The lowest BCUT2D eigenvalue weighted by molar-refractivity contribution is -0.124. The van der Waals surface area contributed by atoms with E-state index in [4.69, 9.17) is 0 Å². The zero-order chi connectivity index (χ0) is 16.8. The Bertz CT molecular complexity index is 603. The van der Waals surface area contributed by atoms with Crippen molar-refractivity contribution >= 4 is 23.6 Å². The Morgan fingerprint density at radius 3 is 2.70 bits per heavy atom. The molecule has 7 heteroatoms. The van der Waals surface area contributed by atoms with E-state index in [9.17, 15) is 14.4 Å². The molecule has 7 nitrogen and oxygen atoms in total. The fourth-order valence-corrected chi connectivity index (χ4v) is 2.79. The molecule has 2 atom stereocenters. The first-order valence-electron chi connectivity index (χ1n) is 7.52. The number of amides is 3. The molecule has 0 heterocycles. The van der Waals surface area contributed by atoms with Gasteiger partial charge < -0.3 is 15.4 Å². The number of carbonyl (C=O) groups is 3. The van der Waals surface area contributed by atoms with Crippen LogP contribution < -0.4 is 16.0 Å². The predicted octanol–water partition coefficient (Wildman–Crippen LogP) is 1.51. The minimum atomic E-state index is -0.599. The highest BCUT2D eigenvalue weighted by molar-refractivity contribution is 5.96. The van der Waals surface area contributed by atoms with Crippen LogP contribution in [0.25, 0.3) is 0 Å². The van der Waals surface area contributed by atoms with Crippen molar-refractivity contribution in [2.24, 2.45) is 5.92 Å². The molecule has 1 fully saturated rings. The van der Waals surface area contributed by atoms with Gasteiger partial charge in [0.1, 0.15) is 0 Å². The van der Waals surface area contributed by atoms with Gasteiger partial charge in [0, 0.05) is 24.3 Å². The molecule has 0 unspecified atom stereocenters. The zero-order valence-electron chi connectivity index (χ0n) is 13.2. The monoisotopic (exact) mass is 319 g/mol. The molecule has 1 aromatic carbocycles. The summed E-state index contributed by atoms with van der Waals surface area (Å²) in [6, 6.07) is 6.39. The van der Waals surface area contributed by atoms with Gasteiger partial charge in [-0.1, -0.05) is 12.5 Å². The molecule has 1 saturated carbocycles. The first-order valence-corrected chi connectivity index (χ1v) is 7.52. The van der Waals surface area contributed by atoms with Crippen molar-refractivity contribution in [3.05, 3.63) is 29.8 Å². The van der Waals surface area contributed by atoms with Crippen molar-refractivity contribution in [3.63, 3.8) is 0 Å². The average molecular weight is 319 g/mol. The van der Waals surface area contributed by atoms with Gasteiger partial charge in [-0.25, -0.2) is 4.79 Å². The molecule has 0 spiro atoms. The maximum absolute atomic E-state index is 12.4. The standard InChI is InChI=1S/C16H21N3O4/c1-17-15(21)12-7-4-8-13(12)19-14(20)10-5-3-6-11(9-10)18-16(22)23-2/h3,5-6,9,12-13H,4,7-8H2,1-2H3,(H,17,21)(H,18,22)(H,19,20)/t12-,13-/m0/s1. The summed E-state index contributed by atoms with van der Waals surface area (Å²) in [5.74, 6) is -0.506. The SMILES string of the molecule is CNC(=O)[C@H]1CCC[C@@H]1NC(=O)c1cccc(NC(=O)OC)c1. The third-order valence-corrected chi connectivity index (χ3v) is 3.97. The Labute approximate surface area is 134 Å². The van der Waals surface area contributed by atoms with Crippen molar-refractivity contribution in [1.29, 1.82) is 0 Å². The molecule has 0 saturated heterocycles. The lowest BCUT2D eigenvalue weighted by atomic mass is 10.0.